The third kappa shape index (κ3) is 3.29. The van der Waals surface area contributed by atoms with E-state index in [9.17, 15) is 0 Å². The smallest absolute Gasteiger partial charge is 0.241 e. The fourth-order valence-electron chi connectivity index (χ4n) is 2.68. The Bertz CT molecular complexity index is 581. The minimum Gasteiger partial charge on any atom is -0.354 e. The highest BCUT2D eigenvalue weighted by atomic mass is 15.3. The second-order valence-corrected chi connectivity index (χ2v) is 5.54. The first-order valence-corrected chi connectivity index (χ1v) is 7.49. The van der Waals surface area contributed by atoms with Crippen LogP contribution in [0.4, 0.5) is 11.9 Å². The highest BCUT2D eigenvalue weighted by molar-refractivity contribution is 5.38. The molecule has 2 heterocycles. The summed E-state index contributed by atoms with van der Waals surface area (Å²) in [4.78, 5) is 17.4. The number of aromatic nitrogens is 5. The molecule has 21 heavy (non-hydrogen) atoms. The van der Waals surface area contributed by atoms with Crippen LogP contribution >= 0.6 is 0 Å². The summed E-state index contributed by atoms with van der Waals surface area (Å²) < 4.78 is 1.78. The minimum atomic E-state index is 0.451. The van der Waals surface area contributed by atoms with Crippen LogP contribution in [-0.2, 0) is 0 Å². The van der Waals surface area contributed by atoms with E-state index in [1.54, 1.807) is 17.1 Å². The number of hydrogen-bond donors (Lipinski definition) is 2. The molecule has 0 aliphatic heterocycles. The van der Waals surface area contributed by atoms with Crippen LogP contribution in [0.2, 0.25) is 0 Å². The molecule has 0 radical (unpaired) electrons. The fourth-order valence-corrected chi connectivity index (χ4v) is 2.68. The number of nitrogens with one attached hydrogen (secondary N) is 2. The summed E-state index contributed by atoms with van der Waals surface area (Å²) in [6.45, 7) is 5.08. The van der Waals surface area contributed by atoms with Crippen molar-refractivity contribution in [3.8, 4) is 5.95 Å². The van der Waals surface area contributed by atoms with E-state index in [1.165, 1.54) is 19.3 Å². The molecule has 7 nitrogen and oxygen atoms in total. The molecule has 0 bridgehead atoms. The molecule has 1 saturated carbocycles. The lowest BCUT2D eigenvalue weighted by molar-refractivity contribution is 0.601. The van der Waals surface area contributed by atoms with E-state index in [1.807, 2.05) is 13.1 Å². The van der Waals surface area contributed by atoms with Crippen molar-refractivity contribution in [1.82, 2.24) is 24.5 Å². The van der Waals surface area contributed by atoms with Crippen LogP contribution in [-0.4, -0.2) is 37.1 Å². The van der Waals surface area contributed by atoms with Crippen LogP contribution in [0.5, 0.6) is 0 Å². The van der Waals surface area contributed by atoms with Gasteiger partial charge in [0.1, 0.15) is 6.33 Å². The summed E-state index contributed by atoms with van der Waals surface area (Å²) in [6, 6.07) is 0.451. The molecule has 0 amide bonds. The predicted octanol–water partition coefficient (Wildman–Crippen LogP) is 2.09. The van der Waals surface area contributed by atoms with Crippen LogP contribution in [0.25, 0.3) is 5.95 Å². The van der Waals surface area contributed by atoms with Crippen LogP contribution < -0.4 is 10.6 Å². The lowest BCUT2D eigenvalue weighted by Gasteiger charge is -2.14. The molecule has 1 aliphatic carbocycles. The Hall–Kier alpha value is -2.18. The first-order chi connectivity index (χ1) is 10.2. The summed E-state index contributed by atoms with van der Waals surface area (Å²) in [5, 5.41) is 6.58. The highest BCUT2D eigenvalue weighted by Gasteiger charge is 2.22. The van der Waals surface area contributed by atoms with E-state index in [0.29, 0.717) is 23.9 Å². The largest absolute Gasteiger partial charge is 0.354 e. The van der Waals surface area contributed by atoms with Crippen LogP contribution in [0.1, 0.15) is 33.1 Å². The maximum atomic E-state index is 4.50. The molecule has 0 spiro atoms. The van der Waals surface area contributed by atoms with Gasteiger partial charge in [-0.05, 0) is 32.1 Å². The topological polar surface area (TPSA) is 80.5 Å². The Labute approximate surface area is 124 Å². The van der Waals surface area contributed by atoms with Gasteiger partial charge in [0.25, 0.3) is 0 Å². The normalized spacial score (nSPS) is 21.4. The molecule has 1 fully saturated rings. The second-order valence-electron chi connectivity index (χ2n) is 5.54. The van der Waals surface area contributed by atoms with Gasteiger partial charge in [0.15, 0.2) is 0 Å². The minimum absolute atomic E-state index is 0.451. The Balaban J connectivity index is 1.84. The van der Waals surface area contributed by atoms with Crippen molar-refractivity contribution < 1.29 is 0 Å². The quantitative estimate of drug-likeness (QED) is 0.876. The molecule has 7 heteroatoms. The molecule has 2 aromatic rings. The highest BCUT2D eigenvalue weighted by Crippen LogP contribution is 2.26. The SMILES string of the molecule is CCNc1nc(NC2CCC(C)C2)nc(-n2ccnc2)n1. The average Bonchev–Trinajstić information content (AvgIpc) is 3.11. The monoisotopic (exact) mass is 287 g/mol. The van der Waals surface area contributed by atoms with Crippen molar-refractivity contribution in [2.24, 2.45) is 5.92 Å². The molecule has 112 valence electrons. The molecule has 2 aromatic heterocycles. The molecule has 2 N–H and O–H groups in total. The van der Waals surface area contributed by atoms with Gasteiger partial charge in [0, 0.05) is 25.0 Å². The summed E-state index contributed by atoms with van der Waals surface area (Å²) >= 11 is 0. The first kappa shape index (κ1) is 13.8. The van der Waals surface area contributed by atoms with Crippen molar-refractivity contribution in [2.45, 2.75) is 39.2 Å². The Morgan fingerprint density at radius 1 is 1.24 bits per heavy atom. The predicted molar refractivity (Wildman–Crippen MR) is 81.5 cm³/mol. The molecule has 0 saturated heterocycles. The van der Waals surface area contributed by atoms with Gasteiger partial charge >= 0.3 is 0 Å². The van der Waals surface area contributed by atoms with Crippen LogP contribution in [0.3, 0.4) is 0 Å². The molecular weight excluding hydrogens is 266 g/mol. The average molecular weight is 287 g/mol. The van der Waals surface area contributed by atoms with Crippen LogP contribution in [0, 0.1) is 5.92 Å². The van der Waals surface area contributed by atoms with Gasteiger partial charge in [-0.25, -0.2) is 4.98 Å². The molecule has 2 unspecified atom stereocenters. The Morgan fingerprint density at radius 3 is 2.76 bits per heavy atom. The van der Waals surface area contributed by atoms with E-state index in [4.69, 9.17) is 0 Å². The van der Waals surface area contributed by atoms with Crippen LogP contribution in [0.15, 0.2) is 18.7 Å². The van der Waals surface area contributed by atoms with E-state index in [0.717, 1.165) is 12.5 Å². The second kappa shape index (κ2) is 6.07. The number of hydrogen-bond acceptors (Lipinski definition) is 6. The number of imidazole rings is 1. The zero-order valence-corrected chi connectivity index (χ0v) is 12.5. The Kier molecular flexibility index (Phi) is 3.98. The maximum Gasteiger partial charge on any atom is 0.241 e. The van der Waals surface area contributed by atoms with Gasteiger partial charge in [-0.2, -0.15) is 15.0 Å². The molecule has 3 rings (SSSR count). The van der Waals surface area contributed by atoms with Crippen molar-refractivity contribution in [3.63, 3.8) is 0 Å². The first-order valence-electron chi connectivity index (χ1n) is 7.49. The van der Waals surface area contributed by atoms with Gasteiger partial charge in [-0.3, -0.25) is 4.57 Å². The zero-order valence-electron chi connectivity index (χ0n) is 12.5. The molecule has 2 atom stereocenters. The van der Waals surface area contributed by atoms with Gasteiger partial charge < -0.3 is 10.6 Å². The fraction of sp³-hybridized carbons (Fsp3) is 0.571. The van der Waals surface area contributed by atoms with E-state index < -0.39 is 0 Å². The van der Waals surface area contributed by atoms with Crippen molar-refractivity contribution in [3.05, 3.63) is 18.7 Å². The lowest BCUT2D eigenvalue weighted by atomic mass is 10.1. The van der Waals surface area contributed by atoms with Gasteiger partial charge in [0.05, 0.1) is 0 Å². The van der Waals surface area contributed by atoms with Crippen molar-refractivity contribution in [2.75, 3.05) is 17.2 Å². The third-order valence-electron chi connectivity index (χ3n) is 3.72. The van der Waals surface area contributed by atoms with E-state index >= 15 is 0 Å². The third-order valence-corrected chi connectivity index (χ3v) is 3.72. The van der Waals surface area contributed by atoms with E-state index in [2.05, 4.69) is 37.5 Å². The molecular formula is C14H21N7. The van der Waals surface area contributed by atoms with Gasteiger partial charge in [-0.15, -0.1) is 0 Å². The zero-order chi connectivity index (χ0) is 14.7. The van der Waals surface area contributed by atoms with E-state index in [-0.39, 0.29) is 0 Å². The van der Waals surface area contributed by atoms with Crippen molar-refractivity contribution >= 4 is 11.9 Å². The van der Waals surface area contributed by atoms with Gasteiger partial charge in [-0.1, -0.05) is 6.92 Å². The maximum absolute atomic E-state index is 4.50. The standard InChI is InChI=1S/C14H21N7/c1-3-16-12-18-13(17-11-5-4-10(2)8-11)20-14(19-12)21-7-6-15-9-21/h6-7,9-11H,3-5,8H2,1-2H3,(H2,16,17,18,19,20). The molecule has 1 aliphatic rings. The Morgan fingerprint density at radius 2 is 2.10 bits per heavy atom. The number of anilines is 2. The summed E-state index contributed by atoms with van der Waals surface area (Å²) in [5.74, 6) is 2.56. The van der Waals surface area contributed by atoms with Gasteiger partial charge in [0.2, 0.25) is 17.8 Å². The lowest BCUT2D eigenvalue weighted by Crippen LogP contribution is -2.19. The number of nitrogens with zero attached hydrogens (tertiary/aromatic N) is 5. The molecule has 0 aromatic carbocycles. The van der Waals surface area contributed by atoms with Crippen molar-refractivity contribution in [1.29, 1.82) is 0 Å². The summed E-state index contributed by atoms with van der Waals surface area (Å²) in [6.07, 6.45) is 8.82. The number of rotatable bonds is 5. The summed E-state index contributed by atoms with van der Waals surface area (Å²) in [7, 11) is 0. The summed E-state index contributed by atoms with van der Waals surface area (Å²) in [5.41, 5.74) is 0.